The van der Waals surface area contributed by atoms with Gasteiger partial charge in [-0.3, -0.25) is 0 Å². The highest BCUT2D eigenvalue weighted by Crippen LogP contribution is 2.38. The molecule has 0 radical (unpaired) electrons. The third-order valence-corrected chi connectivity index (χ3v) is 5.18. The summed E-state index contributed by atoms with van der Waals surface area (Å²) < 4.78 is 2.36. The molecule has 1 heterocycles. The summed E-state index contributed by atoms with van der Waals surface area (Å²) in [5.41, 5.74) is 8.42. The van der Waals surface area contributed by atoms with Gasteiger partial charge in [-0.2, -0.15) is 0 Å². The number of nitrogens with two attached hydrogens (primary N) is 1. The van der Waals surface area contributed by atoms with E-state index in [1.165, 1.54) is 56.9 Å². The molecule has 0 amide bonds. The van der Waals surface area contributed by atoms with Crippen LogP contribution in [-0.2, 0) is 6.54 Å². The quantitative estimate of drug-likeness (QED) is 0.513. The van der Waals surface area contributed by atoms with Gasteiger partial charge >= 0.3 is 0 Å². The molecule has 4 rings (SSSR count). The van der Waals surface area contributed by atoms with Gasteiger partial charge in [-0.15, -0.1) is 0 Å². The molecule has 0 atom stereocenters. The molecule has 128 valence electrons. The molecule has 1 aromatic carbocycles. The number of hydrogen-bond donors (Lipinski definition) is 2. The summed E-state index contributed by atoms with van der Waals surface area (Å²) in [6.45, 7) is 0.552. The highest BCUT2D eigenvalue weighted by atomic mass is 15.2. The lowest BCUT2D eigenvalue weighted by molar-refractivity contribution is 0.529. The van der Waals surface area contributed by atoms with E-state index in [-0.39, 0.29) is 0 Å². The molecule has 0 bridgehead atoms. The number of imidazole rings is 1. The van der Waals surface area contributed by atoms with Crippen molar-refractivity contribution in [3.8, 4) is 0 Å². The summed E-state index contributed by atoms with van der Waals surface area (Å²) in [5.74, 6) is 1.60. The lowest BCUT2D eigenvalue weighted by atomic mass is 10.1. The van der Waals surface area contributed by atoms with Crippen LogP contribution in [-0.4, -0.2) is 21.6 Å². The van der Waals surface area contributed by atoms with Crippen LogP contribution >= 0.6 is 0 Å². The summed E-state index contributed by atoms with van der Waals surface area (Å²) in [6, 6.07) is 9.44. The van der Waals surface area contributed by atoms with Crippen LogP contribution in [0.25, 0.3) is 11.0 Å². The topological polar surface area (TPSA) is 68.2 Å². The zero-order chi connectivity index (χ0) is 16.4. The van der Waals surface area contributed by atoms with E-state index < -0.39 is 0 Å². The third-order valence-electron chi connectivity index (χ3n) is 5.18. The Balaban J connectivity index is 1.48. The fourth-order valence-corrected chi connectivity index (χ4v) is 3.78. The van der Waals surface area contributed by atoms with E-state index in [0.717, 1.165) is 11.3 Å². The van der Waals surface area contributed by atoms with Crippen molar-refractivity contribution in [2.24, 2.45) is 10.7 Å². The molecule has 3 N–H and O–H groups in total. The number of nitrogens with zero attached hydrogens (tertiary/aromatic N) is 3. The minimum absolute atomic E-state index is 0.485. The average Bonchev–Trinajstić information content (AvgIpc) is 3.39. The Labute approximate surface area is 143 Å². The Bertz CT molecular complexity index is 720. The lowest BCUT2D eigenvalue weighted by Gasteiger charge is -2.16. The molecule has 0 spiro atoms. The number of guanidine groups is 1. The van der Waals surface area contributed by atoms with E-state index in [1.807, 2.05) is 6.07 Å². The smallest absolute Gasteiger partial charge is 0.189 e. The van der Waals surface area contributed by atoms with Gasteiger partial charge in [-0.05, 0) is 37.8 Å². The monoisotopic (exact) mass is 325 g/mol. The maximum atomic E-state index is 6.14. The maximum Gasteiger partial charge on any atom is 0.189 e. The first-order valence-corrected chi connectivity index (χ1v) is 9.33. The molecule has 2 aliphatic carbocycles. The van der Waals surface area contributed by atoms with Gasteiger partial charge in [-0.1, -0.05) is 37.8 Å². The van der Waals surface area contributed by atoms with Crippen molar-refractivity contribution in [1.29, 1.82) is 0 Å². The molecule has 2 aliphatic rings. The van der Waals surface area contributed by atoms with E-state index in [4.69, 9.17) is 10.7 Å². The molecule has 5 nitrogen and oxygen atoms in total. The number of aromatic nitrogens is 2. The Kier molecular flexibility index (Phi) is 4.41. The summed E-state index contributed by atoms with van der Waals surface area (Å²) in [5, 5.41) is 3.42. The highest BCUT2D eigenvalue weighted by molar-refractivity contribution is 5.78. The largest absolute Gasteiger partial charge is 0.370 e. The van der Waals surface area contributed by atoms with Crippen molar-refractivity contribution in [2.45, 2.75) is 70.0 Å². The van der Waals surface area contributed by atoms with Crippen LogP contribution in [0.5, 0.6) is 0 Å². The molecular formula is C19H27N5. The number of hydrogen-bond acceptors (Lipinski definition) is 2. The Hall–Kier alpha value is -2.04. The SMILES string of the molecule is NC(=NCc1nc2ccccc2n1C1CC1)NC1CCCCCC1. The number of fused-ring (bicyclic) bond motifs is 1. The molecule has 2 saturated carbocycles. The predicted molar refractivity (Wildman–Crippen MR) is 98.0 cm³/mol. The van der Waals surface area contributed by atoms with Gasteiger partial charge in [0.1, 0.15) is 12.4 Å². The Morgan fingerprint density at radius 1 is 1.12 bits per heavy atom. The third kappa shape index (κ3) is 3.40. The van der Waals surface area contributed by atoms with Crippen LogP contribution in [0.2, 0.25) is 0 Å². The molecule has 5 heteroatoms. The van der Waals surface area contributed by atoms with E-state index in [1.54, 1.807) is 0 Å². The summed E-state index contributed by atoms with van der Waals surface area (Å²) in [7, 11) is 0. The van der Waals surface area contributed by atoms with Gasteiger partial charge in [0.15, 0.2) is 5.96 Å². The average molecular weight is 325 g/mol. The minimum atomic E-state index is 0.485. The van der Waals surface area contributed by atoms with Gasteiger partial charge in [0, 0.05) is 12.1 Å². The zero-order valence-corrected chi connectivity index (χ0v) is 14.2. The number of aliphatic imine (C=N–C) groups is 1. The summed E-state index contributed by atoms with van der Waals surface area (Å²) in [4.78, 5) is 9.37. The maximum absolute atomic E-state index is 6.14. The van der Waals surface area contributed by atoms with Gasteiger partial charge in [-0.25, -0.2) is 9.98 Å². The van der Waals surface area contributed by atoms with Gasteiger partial charge in [0.05, 0.1) is 11.0 Å². The first-order chi connectivity index (χ1) is 11.8. The number of nitrogens with one attached hydrogen (secondary N) is 1. The van der Waals surface area contributed by atoms with E-state index in [0.29, 0.717) is 24.6 Å². The molecule has 0 aliphatic heterocycles. The highest BCUT2D eigenvalue weighted by Gasteiger charge is 2.27. The van der Waals surface area contributed by atoms with Crippen LogP contribution < -0.4 is 11.1 Å². The first-order valence-electron chi connectivity index (χ1n) is 9.33. The van der Waals surface area contributed by atoms with Crippen LogP contribution in [0, 0.1) is 0 Å². The fraction of sp³-hybridized carbons (Fsp3) is 0.579. The van der Waals surface area contributed by atoms with Gasteiger partial charge < -0.3 is 15.6 Å². The molecule has 2 fully saturated rings. The van der Waals surface area contributed by atoms with Crippen molar-refractivity contribution in [2.75, 3.05) is 0 Å². The minimum Gasteiger partial charge on any atom is -0.370 e. The number of para-hydroxylation sites is 2. The van der Waals surface area contributed by atoms with Crippen LogP contribution in [0.1, 0.15) is 63.2 Å². The van der Waals surface area contributed by atoms with Gasteiger partial charge in [0.25, 0.3) is 0 Å². The second-order valence-corrected chi connectivity index (χ2v) is 7.15. The molecular weight excluding hydrogens is 298 g/mol. The van der Waals surface area contributed by atoms with Crippen LogP contribution in [0.3, 0.4) is 0 Å². The van der Waals surface area contributed by atoms with Crippen LogP contribution in [0.15, 0.2) is 29.3 Å². The van der Waals surface area contributed by atoms with Crippen molar-refractivity contribution in [3.05, 3.63) is 30.1 Å². The van der Waals surface area contributed by atoms with E-state index in [9.17, 15) is 0 Å². The van der Waals surface area contributed by atoms with Crippen molar-refractivity contribution in [3.63, 3.8) is 0 Å². The van der Waals surface area contributed by atoms with Crippen molar-refractivity contribution < 1.29 is 0 Å². The fourth-order valence-electron chi connectivity index (χ4n) is 3.78. The summed E-state index contributed by atoms with van der Waals surface area (Å²) >= 11 is 0. The second-order valence-electron chi connectivity index (χ2n) is 7.15. The molecule has 1 aromatic heterocycles. The molecule has 0 saturated heterocycles. The standard InChI is InChI=1S/C19H27N5/c20-19(22-14-7-3-1-2-4-8-14)21-13-18-23-16-9-5-6-10-17(16)24(18)15-11-12-15/h5-6,9-10,14-15H,1-4,7-8,11-13H2,(H3,20,21,22). The number of rotatable bonds is 4. The predicted octanol–water partition coefficient (Wildman–Crippen LogP) is 3.50. The molecule has 24 heavy (non-hydrogen) atoms. The lowest BCUT2D eigenvalue weighted by Crippen LogP contribution is -2.39. The van der Waals surface area contributed by atoms with Crippen molar-refractivity contribution >= 4 is 17.0 Å². The molecule has 0 unspecified atom stereocenters. The van der Waals surface area contributed by atoms with E-state index in [2.05, 4.69) is 33.1 Å². The Morgan fingerprint density at radius 2 is 1.88 bits per heavy atom. The number of benzene rings is 1. The van der Waals surface area contributed by atoms with Gasteiger partial charge in [0.2, 0.25) is 0 Å². The summed E-state index contributed by atoms with van der Waals surface area (Å²) in [6.07, 6.45) is 10.2. The van der Waals surface area contributed by atoms with Crippen molar-refractivity contribution in [1.82, 2.24) is 14.9 Å². The first kappa shape index (κ1) is 15.5. The van der Waals surface area contributed by atoms with Crippen LogP contribution in [0.4, 0.5) is 0 Å². The molecule has 2 aromatic rings. The van der Waals surface area contributed by atoms with E-state index >= 15 is 0 Å². The second kappa shape index (κ2) is 6.83. The zero-order valence-electron chi connectivity index (χ0n) is 14.2. The Morgan fingerprint density at radius 3 is 2.62 bits per heavy atom. The normalized spacial score (nSPS) is 20.2.